The first-order chi connectivity index (χ1) is 9.98. The van der Waals surface area contributed by atoms with Gasteiger partial charge in [0.15, 0.2) is 5.78 Å². The van der Waals surface area contributed by atoms with E-state index in [0.29, 0.717) is 37.9 Å². The molecule has 1 fully saturated rings. The monoisotopic (exact) mass is 311 g/mol. The van der Waals surface area contributed by atoms with Crippen molar-refractivity contribution in [2.24, 2.45) is 5.92 Å². The van der Waals surface area contributed by atoms with Gasteiger partial charge in [0.05, 0.1) is 4.90 Å². The van der Waals surface area contributed by atoms with Crippen LogP contribution in [0.5, 0.6) is 0 Å². The number of hydrogen-bond acceptors (Lipinski definition) is 4. The molecular formula is C15H21NO4S. The van der Waals surface area contributed by atoms with Gasteiger partial charge in [0.2, 0.25) is 10.0 Å². The molecule has 6 heteroatoms. The summed E-state index contributed by atoms with van der Waals surface area (Å²) in [6, 6.07) is 6.23. The highest BCUT2D eigenvalue weighted by molar-refractivity contribution is 7.89. The lowest BCUT2D eigenvalue weighted by Crippen LogP contribution is -2.39. The number of carbonyl (C=O) groups excluding carboxylic acids is 1. The van der Waals surface area contributed by atoms with Crippen LogP contribution in [0, 0.1) is 5.92 Å². The molecule has 1 heterocycles. The smallest absolute Gasteiger partial charge is 0.243 e. The first kappa shape index (κ1) is 16.1. The van der Waals surface area contributed by atoms with Crippen LogP contribution in [0.25, 0.3) is 0 Å². The van der Waals surface area contributed by atoms with Crippen molar-refractivity contribution in [1.29, 1.82) is 0 Å². The van der Waals surface area contributed by atoms with E-state index in [9.17, 15) is 13.2 Å². The highest BCUT2D eigenvalue weighted by Crippen LogP contribution is 2.24. The van der Waals surface area contributed by atoms with Gasteiger partial charge in [-0.1, -0.05) is 19.1 Å². The number of nitrogens with zero attached hydrogens (tertiary/aromatic N) is 1. The topological polar surface area (TPSA) is 74.7 Å². The number of carbonyl (C=O) groups is 1. The molecular weight excluding hydrogens is 290 g/mol. The SMILES string of the molecule is CCC(=O)c1cccc(S(=O)(=O)N2CCC(CO)CC2)c1. The molecule has 2 rings (SSSR count). The standard InChI is InChI=1S/C15H21NO4S/c1-2-15(18)13-4-3-5-14(10-13)21(19,20)16-8-6-12(11-17)7-9-16/h3-5,10,12,17H,2,6-9,11H2,1H3. The Morgan fingerprint density at radius 3 is 2.57 bits per heavy atom. The van der Waals surface area contributed by atoms with Crippen LogP contribution in [0.15, 0.2) is 29.2 Å². The lowest BCUT2D eigenvalue weighted by molar-refractivity contribution is 0.0988. The third-order valence-corrected chi connectivity index (χ3v) is 5.84. The molecule has 0 aliphatic carbocycles. The van der Waals surface area contributed by atoms with Crippen LogP contribution in [-0.2, 0) is 10.0 Å². The molecule has 0 saturated carbocycles. The summed E-state index contributed by atoms with van der Waals surface area (Å²) in [5, 5.41) is 9.12. The Kier molecular flexibility index (Phi) is 5.13. The van der Waals surface area contributed by atoms with Crippen LogP contribution in [-0.4, -0.2) is 43.3 Å². The number of aliphatic hydroxyl groups is 1. The Labute approximate surface area is 125 Å². The van der Waals surface area contributed by atoms with Crippen LogP contribution in [0.1, 0.15) is 36.5 Å². The van der Waals surface area contributed by atoms with Gasteiger partial charge in [-0.3, -0.25) is 4.79 Å². The lowest BCUT2D eigenvalue weighted by atomic mass is 10.00. The van der Waals surface area contributed by atoms with Gasteiger partial charge >= 0.3 is 0 Å². The maximum absolute atomic E-state index is 12.6. The number of benzene rings is 1. The predicted octanol–water partition coefficient (Wildman–Crippen LogP) is 1.67. The van der Waals surface area contributed by atoms with E-state index in [0.717, 1.165) is 0 Å². The molecule has 0 radical (unpaired) electrons. The lowest BCUT2D eigenvalue weighted by Gasteiger charge is -2.30. The maximum Gasteiger partial charge on any atom is 0.243 e. The molecule has 0 bridgehead atoms. The zero-order valence-electron chi connectivity index (χ0n) is 12.2. The van der Waals surface area contributed by atoms with Crippen LogP contribution >= 0.6 is 0 Å². The van der Waals surface area contributed by atoms with Gasteiger partial charge in [0.1, 0.15) is 0 Å². The zero-order chi connectivity index (χ0) is 15.5. The summed E-state index contributed by atoms with van der Waals surface area (Å²) in [6.07, 6.45) is 1.69. The Bertz CT molecular complexity index is 604. The zero-order valence-corrected chi connectivity index (χ0v) is 13.0. The minimum atomic E-state index is -3.56. The van der Waals surface area contributed by atoms with Crippen molar-refractivity contribution in [3.8, 4) is 0 Å². The molecule has 0 unspecified atom stereocenters. The van der Waals surface area contributed by atoms with Crippen molar-refractivity contribution in [3.63, 3.8) is 0 Å². The van der Waals surface area contributed by atoms with E-state index >= 15 is 0 Å². The van der Waals surface area contributed by atoms with Crippen molar-refractivity contribution in [2.45, 2.75) is 31.1 Å². The number of ketones is 1. The quantitative estimate of drug-likeness (QED) is 0.839. The van der Waals surface area contributed by atoms with Crippen molar-refractivity contribution in [2.75, 3.05) is 19.7 Å². The third kappa shape index (κ3) is 3.51. The minimum absolute atomic E-state index is 0.0639. The van der Waals surface area contributed by atoms with Crippen molar-refractivity contribution >= 4 is 15.8 Å². The fourth-order valence-electron chi connectivity index (χ4n) is 2.52. The molecule has 0 atom stereocenters. The summed E-state index contributed by atoms with van der Waals surface area (Å²) in [5.41, 5.74) is 0.434. The van der Waals surface area contributed by atoms with E-state index in [2.05, 4.69) is 0 Å². The normalized spacial score (nSPS) is 17.8. The molecule has 1 aromatic carbocycles. The molecule has 116 valence electrons. The van der Waals surface area contributed by atoms with Gasteiger partial charge in [-0.25, -0.2) is 8.42 Å². The molecule has 5 nitrogen and oxygen atoms in total. The van der Waals surface area contributed by atoms with Crippen LogP contribution in [0.4, 0.5) is 0 Å². The third-order valence-electron chi connectivity index (χ3n) is 3.95. The summed E-state index contributed by atoms with van der Waals surface area (Å²) in [5.74, 6) is 0.121. The molecule has 21 heavy (non-hydrogen) atoms. The summed E-state index contributed by atoms with van der Waals surface area (Å²) >= 11 is 0. The second kappa shape index (κ2) is 6.68. The number of Topliss-reactive ketones (excluding diaryl/α,β-unsaturated/α-hetero) is 1. The summed E-state index contributed by atoms with van der Waals surface area (Å²) < 4.78 is 26.6. The van der Waals surface area contributed by atoms with Crippen LogP contribution < -0.4 is 0 Å². The number of sulfonamides is 1. The highest BCUT2D eigenvalue weighted by Gasteiger charge is 2.29. The molecule has 0 spiro atoms. The number of piperidine rings is 1. The van der Waals surface area contributed by atoms with E-state index in [1.54, 1.807) is 19.1 Å². The average Bonchev–Trinajstić information content (AvgIpc) is 2.54. The molecule has 1 aliphatic rings. The van der Waals surface area contributed by atoms with Gasteiger partial charge in [-0.15, -0.1) is 0 Å². The van der Waals surface area contributed by atoms with Crippen molar-refractivity contribution < 1.29 is 18.3 Å². The summed E-state index contributed by atoms with van der Waals surface area (Å²) in [4.78, 5) is 11.9. The Morgan fingerprint density at radius 2 is 2.00 bits per heavy atom. The average molecular weight is 311 g/mol. The summed E-state index contributed by atoms with van der Waals surface area (Å²) in [7, 11) is -3.56. The fraction of sp³-hybridized carbons (Fsp3) is 0.533. The molecule has 0 amide bonds. The van der Waals surface area contributed by atoms with Gasteiger partial charge in [0, 0.05) is 31.7 Å². The van der Waals surface area contributed by atoms with Crippen molar-refractivity contribution in [1.82, 2.24) is 4.31 Å². The first-order valence-electron chi connectivity index (χ1n) is 7.23. The van der Waals surface area contributed by atoms with E-state index in [1.165, 1.54) is 16.4 Å². The van der Waals surface area contributed by atoms with E-state index in [1.807, 2.05) is 0 Å². The molecule has 0 aromatic heterocycles. The number of hydrogen-bond donors (Lipinski definition) is 1. The van der Waals surface area contributed by atoms with Gasteiger partial charge in [-0.2, -0.15) is 4.31 Å². The van der Waals surface area contributed by atoms with Crippen molar-refractivity contribution in [3.05, 3.63) is 29.8 Å². The van der Waals surface area contributed by atoms with Crippen LogP contribution in [0.2, 0.25) is 0 Å². The second-order valence-corrected chi connectivity index (χ2v) is 7.27. The molecule has 1 aliphatic heterocycles. The van der Waals surface area contributed by atoms with E-state index in [-0.39, 0.29) is 23.2 Å². The Balaban J connectivity index is 2.22. The number of rotatable bonds is 5. The molecule has 1 aromatic rings. The predicted molar refractivity (Wildman–Crippen MR) is 79.6 cm³/mol. The Hall–Kier alpha value is -1.24. The van der Waals surface area contributed by atoms with Gasteiger partial charge in [0.25, 0.3) is 0 Å². The van der Waals surface area contributed by atoms with E-state index < -0.39 is 10.0 Å². The molecule has 1 saturated heterocycles. The maximum atomic E-state index is 12.6. The molecule has 1 N–H and O–H groups in total. The summed E-state index contributed by atoms with van der Waals surface area (Å²) in [6.45, 7) is 2.69. The second-order valence-electron chi connectivity index (χ2n) is 5.33. The largest absolute Gasteiger partial charge is 0.396 e. The van der Waals surface area contributed by atoms with Gasteiger partial charge in [-0.05, 0) is 30.9 Å². The highest BCUT2D eigenvalue weighted by atomic mass is 32.2. The van der Waals surface area contributed by atoms with E-state index in [4.69, 9.17) is 5.11 Å². The van der Waals surface area contributed by atoms with Gasteiger partial charge < -0.3 is 5.11 Å². The first-order valence-corrected chi connectivity index (χ1v) is 8.67. The number of aliphatic hydroxyl groups excluding tert-OH is 1. The Morgan fingerprint density at radius 1 is 1.33 bits per heavy atom. The minimum Gasteiger partial charge on any atom is -0.396 e. The fourth-order valence-corrected chi connectivity index (χ4v) is 4.03. The van der Waals surface area contributed by atoms with Crippen LogP contribution in [0.3, 0.4) is 0 Å².